The van der Waals surface area contributed by atoms with Crippen LogP contribution in [-0.2, 0) is 4.79 Å². The van der Waals surface area contributed by atoms with Gasteiger partial charge in [0.25, 0.3) is 0 Å². The minimum atomic E-state index is -0.197. The number of hydrogen-bond donors (Lipinski definition) is 3. The molecular formula is C18H24BrFN2O2. The van der Waals surface area contributed by atoms with E-state index < -0.39 is 0 Å². The number of hydrogen-bond acceptors (Lipinski definition) is 3. The standard InChI is InChI=1S/C18H24BrFN2O2/c19-13-7-15-14-6-11(9-21-17(24)2-1-5-23)3-4-12(14)10-22-18(15)16(20)8-13/h7-8,11-12,14,22-23H,1-6,9-10H2,(H,21,24). The van der Waals surface area contributed by atoms with Gasteiger partial charge in [-0.25, -0.2) is 4.39 Å². The zero-order valence-electron chi connectivity index (χ0n) is 13.7. The summed E-state index contributed by atoms with van der Waals surface area (Å²) in [7, 11) is 0. The van der Waals surface area contributed by atoms with Crippen molar-refractivity contribution in [3.63, 3.8) is 0 Å². The summed E-state index contributed by atoms with van der Waals surface area (Å²) in [5.74, 6) is 1.12. The number of aliphatic hydroxyl groups is 1. The number of carbonyl (C=O) groups is 1. The summed E-state index contributed by atoms with van der Waals surface area (Å²) in [6, 6.07) is 3.54. The second-order valence-corrected chi connectivity index (χ2v) is 7.83. The molecule has 1 heterocycles. The number of aliphatic hydroxyl groups excluding tert-OH is 1. The summed E-state index contributed by atoms with van der Waals surface area (Å²) in [4.78, 5) is 11.7. The highest BCUT2D eigenvalue weighted by atomic mass is 79.9. The third-order valence-electron chi connectivity index (χ3n) is 5.28. The molecule has 3 unspecified atom stereocenters. The van der Waals surface area contributed by atoms with Gasteiger partial charge in [-0.1, -0.05) is 15.9 Å². The zero-order chi connectivity index (χ0) is 17.1. The number of fused-ring (bicyclic) bond motifs is 3. The maximum absolute atomic E-state index is 14.2. The van der Waals surface area contributed by atoms with Crippen LogP contribution in [0.1, 0.15) is 43.6 Å². The van der Waals surface area contributed by atoms with Gasteiger partial charge in [-0.15, -0.1) is 0 Å². The number of carbonyl (C=O) groups excluding carboxylic acids is 1. The summed E-state index contributed by atoms with van der Waals surface area (Å²) >= 11 is 3.40. The molecule has 1 aromatic rings. The average Bonchev–Trinajstić information content (AvgIpc) is 2.57. The molecule has 24 heavy (non-hydrogen) atoms. The number of nitrogens with one attached hydrogen (secondary N) is 2. The van der Waals surface area contributed by atoms with Crippen LogP contribution in [0, 0.1) is 17.7 Å². The molecule has 2 aliphatic rings. The number of amides is 1. The Kier molecular flexibility index (Phi) is 5.76. The lowest BCUT2D eigenvalue weighted by Crippen LogP contribution is -2.37. The van der Waals surface area contributed by atoms with E-state index in [1.54, 1.807) is 0 Å². The Labute approximate surface area is 150 Å². The number of anilines is 1. The number of halogens is 2. The summed E-state index contributed by atoms with van der Waals surface area (Å²) in [5, 5.41) is 15.0. The number of benzene rings is 1. The third-order valence-corrected chi connectivity index (χ3v) is 5.74. The Morgan fingerprint density at radius 2 is 2.25 bits per heavy atom. The average molecular weight is 399 g/mol. The van der Waals surface area contributed by atoms with Crippen LogP contribution in [0.25, 0.3) is 0 Å². The monoisotopic (exact) mass is 398 g/mol. The van der Waals surface area contributed by atoms with E-state index >= 15 is 0 Å². The summed E-state index contributed by atoms with van der Waals surface area (Å²) in [6.45, 7) is 1.54. The fourth-order valence-corrected chi connectivity index (χ4v) is 4.47. The molecule has 1 amide bonds. The first-order valence-electron chi connectivity index (χ1n) is 8.69. The lowest BCUT2D eigenvalue weighted by atomic mass is 9.69. The van der Waals surface area contributed by atoms with Gasteiger partial charge in [0.05, 0.1) is 5.69 Å². The molecule has 1 aliphatic heterocycles. The van der Waals surface area contributed by atoms with Crippen molar-refractivity contribution in [2.75, 3.05) is 25.0 Å². The minimum absolute atomic E-state index is 0.00525. The Bertz CT molecular complexity index is 611. The van der Waals surface area contributed by atoms with E-state index in [4.69, 9.17) is 5.11 Å². The smallest absolute Gasteiger partial charge is 0.220 e. The molecular weight excluding hydrogens is 375 g/mol. The van der Waals surface area contributed by atoms with Crippen LogP contribution in [0.3, 0.4) is 0 Å². The molecule has 4 nitrogen and oxygen atoms in total. The zero-order valence-corrected chi connectivity index (χ0v) is 15.2. The molecule has 0 spiro atoms. The second-order valence-electron chi connectivity index (χ2n) is 6.91. The quantitative estimate of drug-likeness (QED) is 0.711. The van der Waals surface area contributed by atoms with Crippen molar-refractivity contribution in [1.29, 1.82) is 0 Å². The predicted molar refractivity (Wildman–Crippen MR) is 95.5 cm³/mol. The van der Waals surface area contributed by atoms with Crippen molar-refractivity contribution in [2.45, 2.75) is 38.0 Å². The van der Waals surface area contributed by atoms with Crippen molar-refractivity contribution in [1.82, 2.24) is 5.32 Å². The van der Waals surface area contributed by atoms with E-state index in [9.17, 15) is 9.18 Å². The number of rotatable bonds is 5. The maximum Gasteiger partial charge on any atom is 0.220 e. The van der Waals surface area contributed by atoms with Crippen LogP contribution in [0.4, 0.5) is 10.1 Å². The van der Waals surface area contributed by atoms with Gasteiger partial charge < -0.3 is 15.7 Å². The molecule has 6 heteroatoms. The van der Waals surface area contributed by atoms with Crippen LogP contribution in [0.2, 0.25) is 0 Å². The van der Waals surface area contributed by atoms with E-state index in [0.717, 1.165) is 35.8 Å². The Balaban J connectivity index is 1.65. The molecule has 1 aromatic carbocycles. The van der Waals surface area contributed by atoms with E-state index in [1.165, 1.54) is 6.07 Å². The van der Waals surface area contributed by atoms with E-state index in [2.05, 4.69) is 26.6 Å². The van der Waals surface area contributed by atoms with Gasteiger partial charge in [0.15, 0.2) is 0 Å². The van der Waals surface area contributed by atoms with Gasteiger partial charge in [-0.05, 0) is 61.1 Å². The molecule has 3 N–H and O–H groups in total. The van der Waals surface area contributed by atoms with Gasteiger partial charge >= 0.3 is 0 Å². The maximum atomic E-state index is 14.2. The van der Waals surface area contributed by atoms with Crippen molar-refractivity contribution in [3.05, 3.63) is 28.0 Å². The molecule has 0 bridgehead atoms. The topological polar surface area (TPSA) is 61.4 Å². The molecule has 0 radical (unpaired) electrons. The molecule has 1 aliphatic carbocycles. The molecule has 0 aromatic heterocycles. The van der Waals surface area contributed by atoms with Crippen LogP contribution in [0.5, 0.6) is 0 Å². The summed E-state index contributed by atoms with van der Waals surface area (Å²) in [5.41, 5.74) is 1.71. The van der Waals surface area contributed by atoms with Crippen molar-refractivity contribution >= 4 is 27.5 Å². The molecule has 1 fully saturated rings. The first-order valence-corrected chi connectivity index (χ1v) is 9.48. The second kappa shape index (κ2) is 7.83. The van der Waals surface area contributed by atoms with Crippen LogP contribution >= 0.6 is 15.9 Å². The lowest BCUT2D eigenvalue weighted by Gasteiger charge is -2.41. The first-order chi connectivity index (χ1) is 11.6. The molecule has 3 atom stereocenters. The highest BCUT2D eigenvalue weighted by Crippen LogP contribution is 2.47. The first kappa shape index (κ1) is 17.7. The van der Waals surface area contributed by atoms with Gasteiger partial charge in [0, 0.05) is 30.6 Å². The van der Waals surface area contributed by atoms with Gasteiger partial charge in [0.2, 0.25) is 5.91 Å². The largest absolute Gasteiger partial charge is 0.396 e. The van der Waals surface area contributed by atoms with Crippen LogP contribution in [-0.4, -0.2) is 30.7 Å². The normalized spacial score (nSPS) is 25.4. The predicted octanol–water partition coefficient (Wildman–Crippen LogP) is 3.40. The molecule has 3 rings (SSSR count). The van der Waals surface area contributed by atoms with E-state index in [1.807, 2.05) is 6.07 Å². The molecule has 132 valence electrons. The van der Waals surface area contributed by atoms with E-state index in [-0.39, 0.29) is 18.3 Å². The highest BCUT2D eigenvalue weighted by Gasteiger charge is 2.36. The Hall–Kier alpha value is -1.14. The highest BCUT2D eigenvalue weighted by molar-refractivity contribution is 9.10. The summed E-state index contributed by atoms with van der Waals surface area (Å²) < 4.78 is 15.0. The van der Waals surface area contributed by atoms with Gasteiger partial charge in [-0.3, -0.25) is 4.79 Å². The SMILES string of the molecule is O=C(CCCO)NCC1CCC2CNc3c(F)cc(Br)cc3C2C1. The van der Waals surface area contributed by atoms with Crippen molar-refractivity contribution < 1.29 is 14.3 Å². The summed E-state index contributed by atoms with van der Waals surface area (Å²) in [6.07, 6.45) is 4.06. The lowest BCUT2D eigenvalue weighted by molar-refractivity contribution is -0.121. The van der Waals surface area contributed by atoms with Crippen LogP contribution in [0.15, 0.2) is 16.6 Å². The fourth-order valence-electron chi connectivity index (χ4n) is 4.02. The van der Waals surface area contributed by atoms with Crippen molar-refractivity contribution in [3.8, 4) is 0 Å². The minimum Gasteiger partial charge on any atom is -0.396 e. The third kappa shape index (κ3) is 3.91. The van der Waals surface area contributed by atoms with E-state index in [0.29, 0.717) is 42.8 Å². The van der Waals surface area contributed by atoms with Crippen molar-refractivity contribution in [2.24, 2.45) is 11.8 Å². The molecule has 0 saturated heterocycles. The molecule has 1 saturated carbocycles. The fraction of sp³-hybridized carbons (Fsp3) is 0.611. The van der Waals surface area contributed by atoms with Crippen LogP contribution < -0.4 is 10.6 Å². The Morgan fingerprint density at radius 3 is 3.04 bits per heavy atom. The Morgan fingerprint density at radius 1 is 1.42 bits per heavy atom. The van der Waals surface area contributed by atoms with Gasteiger partial charge in [-0.2, -0.15) is 0 Å². The van der Waals surface area contributed by atoms with Gasteiger partial charge in [0.1, 0.15) is 5.82 Å².